The van der Waals surface area contributed by atoms with E-state index in [0.29, 0.717) is 22.9 Å². The van der Waals surface area contributed by atoms with Crippen molar-refractivity contribution < 1.29 is 28.3 Å². The maximum atomic E-state index is 13.7. The quantitative estimate of drug-likeness (QED) is 0.292. The molecule has 5 N–H and O–H groups in total. The largest absolute Gasteiger partial charge is 0.449 e. The van der Waals surface area contributed by atoms with Crippen LogP contribution in [0.3, 0.4) is 0 Å². The number of thioether (sulfide) groups is 1. The van der Waals surface area contributed by atoms with E-state index in [9.17, 15) is 14.4 Å². The number of methoxy groups -OCH3 is 1. The van der Waals surface area contributed by atoms with Crippen LogP contribution >= 0.6 is 11.8 Å². The van der Waals surface area contributed by atoms with Gasteiger partial charge in [-0.05, 0) is 12.1 Å². The minimum Gasteiger partial charge on any atom is -0.449 e. The number of para-hydroxylation sites is 2. The van der Waals surface area contributed by atoms with Gasteiger partial charge >= 0.3 is 6.09 Å². The maximum absolute atomic E-state index is 13.7. The lowest BCUT2D eigenvalue weighted by Gasteiger charge is -2.39. The van der Waals surface area contributed by atoms with Gasteiger partial charge in [-0.2, -0.15) is 0 Å². The van der Waals surface area contributed by atoms with Gasteiger partial charge in [-0.1, -0.05) is 23.9 Å². The second-order valence-electron chi connectivity index (χ2n) is 8.55. The average molecular weight is 484 g/mol. The number of nitrogens with zero attached hydrogens (tertiary/aromatic N) is 2. The van der Waals surface area contributed by atoms with Gasteiger partial charge in [-0.3, -0.25) is 9.59 Å². The van der Waals surface area contributed by atoms with Crippen LogP contribution in [-0.2, 0) is 19.1 Å². The number of nitrogens with one attached hydrogen (secondary N) is 1. The Labute approximate surface area is 197 Å². The maximum Gasteiger partial charge on any atom is 0.404 e. The number of aromatic nitrogens is 1. The molecular formula is C22H21N5O6S. The van der Waals surface area contributed by atoms with E-state index in [1.807, 2.05) is 23.1 Å². The molecule has 1 amide bonds. The number of hydrogen-bond donors (Lipinski definition) is 3. The zero-order valence-corrected chi connectivity index (χ0v) is 18.9. The lowest BCUT2D eigenvalue weighted by molar-refractivity contribution is -0.137. The van der Waals surface area contributed by atoms with Gasteiger partial charge in [0.25, 0.3) is 5.22 Å². The number of piperazine rings is 1. The molecule has 1 aromatic heterocycles. The van der Waals surface area contributed by atoms with Crippen molar-refractivity contribution in [1.82, 2.24) is 15.2 Å². The molecule has 4 atom stereocenters. The molecule has 6 rings (SSSR count). The highest BCUT2D eigenvalue weighted by atomic mass is 32.2. The highest BCUT2D eigenvalue weighted by molar-refractivity contribution is 7.99. The summed E-state index contributed by atoms with van der Waals surface area (Å²) in [6, 6.07) is 7.31. The topological polar surface area (TPSA) is 173 Å². The molecule has 34 heavy (non-hydrogen) atoms. The molecule has 3 aliphatic heterocycles. The molecule has 2 fully saturated rings. The SMILES string of the molecule is CO[C@@]12[C@H](COC(N)=O)C3=C(C(=O)C(CSc4nc5ccccc5o4)=C(N)C3=O)N1C[C@@H]1N[C@@H]12. The highest BCUT2D eigenvalue weighted by Gasteiger charge is 2.72. The summed E-state index contributed by atoms with van der Waals surface area (Å²) >= 11 is 1.19. The van der Waals surface area contributed by atoms with Gasteiger partial charge in [0.15, 0.2) is 11.3 Å². The zero-order valence-electron chi connectivity index (χ0n) is 18.1. The lowest BCUT2D eigenvalue weighted by Crippen LogP contribution is -2.55. The van der Waals surface area contributed by atoms with Crippen LogP contribution in [0.1, 0.15) is 0 Å². The number of primary amides is 1. The third-order valence-corrected chi connectivity index (χ3v) is 7.80. The molecular weight excluding hydrogens is 462 g/mol. The first-order valence-electron chi connectivity index (χ1n) is 10.7. The van der Waals surface area contributed by atoms with Crippen LogP contribution in [0.4, 0.5) is 4.79 Å². The van der Waals surface area contributed by atoms with Crippen LogP contribution in [0, 0.1) is 5.92 Å². The monoisotopic (exact) mass is 483 g/mol. The molecule has 12 heteroatoms. The van der Waals surface area contributed by atoms with Crippen LogP contribution in [0.2, 0.25) is 0 Å². The van der Waals surface area contributed by atoms with E-state index in [2.05, 4.69) is 10.3 Å². The Bertz CT molecular complexity index is 1300. The van der Waals surface area contributed by atoms with E-state index in [1.54, 1.807) is 6.07 Å². The van der Waals surface area contributed by atoms with E-state index in [0.717, 1.165) is 0 Å². The summed E-state index contributed by atoms with van der Waals surface area (Å²) in [7, 11) is 1.51. The van der Waals surface area contributed by atoms with Crippen molar-refractivity contribution in [2.45, 2.75) is 23.0 Å². The number of carbonyl (C=O) groups is 3. The number of rotatable bonds is 6. The first-order chi connectivity index (χ1) is 16.4. The van der Waals surface area contributed by atoms with Crippen LogP contribution in [0.5, 0.6) is 0 Å². The second-order valence-corrected chi connectivity index (χ2v) is 9.48. The van der Waals surface area contributed by atoms with Gasteiger partial charge in [-0.15, -0.1) is 0 Å². The van der Waals surface area contributed by atoms with Gasteiger partial charge in [-0.25, -0.2) is 9.78 Å². The summed E-state index contributed by atoms with van der Waals surface area (Å²) in [6.07, 6.45) is -0.973. The Morgan fingerprint density at radius 1 is 1.35 bits per heavy atom. The molecule has 4 aliphatic rings. The molecule has 0 bridgehead atoms. The van der Waals surface area contributed by atoms with Gasteiger partial charge in [0.05, 0.1) is 23.4 Å². The van der Waals surface area contributed by atoms with Gasteiger partial charge in [0.1, 0.15) is 12.1 Å². The summed E-state index contributed by atoms with van der Waals surface area (Å²) in [4.78, 5) is 44.7. The number of Topliss-reactive ketones (excluding diaryl/α,β-unsaturated/α-hetero) is 2. The van der Waals surface area contributed by atoms with Crippen molar-refractivity contribution >= 4 is 40.5 Å². The van der Waals surface area contributed by atoms with Crippen molar-refractivity contribution in [2.24, 2.45) is 17.4 Å². The standard InChI is InChI=1S/C22H21N5O6S/c1-31-22-10(7-32-20(24)30)14-16(27(22)6-12-19(22)25-12)17(28)9(15(23)18(14)29)8-34-21-26-11-4-2-3-5-13(11)33-21/h2-5,10,12,19,25H,6-8,23H2,1H3,(H2,24,30)/t10-,12+,19+,22-/m1/s1. The van der Waals surface area contributed by atoms with Gasteiger partial charge in [0.2, 0.25) is 11.6 Å². The van der Waals surface area contributed by atoms with Gasteiger partial charge < -0.3 is 35.6 Å². The van der Waals surface area contributed by atoms with E-state index in [1.165, 1.54) is 18.9 Å². The number of oxazole rings is 1. The fourth-order valence-corrected chi connectivity index (χ4v) is 6.30. The van der Waals surface area contributed by atoms with E-state index in [-0.39, 0.29) is 52.8 Å². The van der Waals surface area contributed by atoms with Crippen molar-refractivity contribution in [3.05, 3.63) is 46.8 Å². The smallest absolute Gasteiger partial charge is 0.404 e. The Kier molecular flexibility index (Phi) is 4.57. The first-order valence-corrected chi connectivity index (χ1v) is 11.7. The van der Waals surface area contributed by atoms with Crippen LogP contribution < -0.4 is 16.8 Å². The predicted molar refractivity (Wildman–Crippen MR) is 119 cm³/mol. The molecule has 0 radical (unpaired) electrons. The molecule has 1 aliphatic carbocycles. The Morgan fingerprint density at radius 2 is 2.15 bits per heavy atom. The number of nitrogens with two attached hydrogens (primary N) is 2. The van der Waals surface area contributed by atoms with Crippen molar-refractivity contribution in [1.29, 1.82) is 0 Å². The number of amides is 1. The van der Waals surface area contributed by atoms with E-state index >= 15 is 0 Å². The summed E-state index contributed by atoms with van der Waals surface area (Å²) in [6.45, 7) is 0.275. The van der Waals surface area contributed by atoms with Crippen molar-refractivity contribution in [3.8, 4) is 0 Å². The lowest BCUT2D eigenvalue weighted by atomic mass is 9.82. The third kappa shape index (κ3) is 2.79. The number of ketones is 2. The number of hydrogen-bond acceptors (Lipinski definition) is 11. The highest BCUT2D eigenvalue weighted by Crippen LogP contribution is 2.55. The molecule has 0 saturated carbocycles. The number of fused-ring (bicyclic) bond motifs is 5. The predicted octanol–water partition coefficient (Wildman–Crippen LogP) is 0.262. The fourth-order valence-electron chi connectivity index (χ4n) is 5.43. The zero-order chi connectivity index (χ0) is 23.8. The molecule has 11 nitrogen and oxygen atoms in total. The summed E-state index contributed by atoms with van der Waals surface area (Å²) in [5, 5.41) is 3.69. The minimum atomic E-state index is -1.04. The number of carbonyl (C=O) groups excluding carboxylic acids is 3. The Balaban J connectivity index is 1.33. The van der Waals surface area contributed by atoms with Crippen LogP contribution in [0.25, 0.3) is 11.1 Å². The second kappa shape index (κ2) is 7.32. The molecule has 2 aromatic rings. The normalized spacial score (nSPS) is 29.6. The van der Waals surface area contributed by atoms with Gasteiger partial charge in [0, 0.05) is 36.6 Å². The molecule has 1 aromatic carbocycles. The Morgan fingerprint density at radius 3 is 2.88 bits per heavy atom. The summed E-state index contributed by atoms with van der Waals surface area (Å²) < 4.78 is 16.7. The molecule has 4 heterocycles. The number of allylic oxidation sites excluding steroid dienone is 2. The van der Waals surface area contributed by atoms with Crippen LogP contribution in [0.15, 0.2) is 56.4 Å². The minimum absolute atomic E-state index is 0.105. The van der Waals surface area contributed by atoms with Crippen molar-refractivity contribution in [2.75, 3.05) is 26.0 Å². The summed E-state index contributed by atoms with van der Waals surface area (Å²) in [5.41, 5.74) is 12.2. The molecule has 0 spiro atoms. The third-order valence-electron chi connectivity index (χ3n) is 6.94. The van der Waals surface area contributed by atoms with Crippen molar-refractivity contribution in [3.63, 3.8) is 0 Å². The average Bonchev–Trinajstić information content (AvgIpc) is 3.22. The number of ether oxygens (including phenoxy) is 2. The Hall–Kier alpha value is -3.35. The molecule has 0 unspecified atom stereocenters. The fraction of sp³-hybridized carbons (Fsp3) is 0.364. The molecule has 176 valence electrons. The van der Waals surface area contributed by atoms with E-state index in [4.69, 9.17) is 25.4 Å². The first kappa shape index (κ1) is 21.2. The molecule has 2 saturated heterocycles. The van der Waals surface area contributed by atoms with Crippen LogP contribution in [-0.4, -0.2) is 71.4 Å². The van der Waals surface area contributed by atoms with E-state index < -0.39 is 23.5 Å². The summed E-state index contributed by atoms with van der Waals surface area (Å²) in [5.74, 6) is -1.42. The number of benzene rings is 1.